The van der Waals surface area contributed by atoms with Gasteiger partial charge in [-0.15, -0.1) is 13.2 Å². The topological polar surface area (TPSA) is 110 Å². The number of carbonyl (C=O) groups excluding carboxylic acids is 1. The fraction of sp³-hybridized carbons (Fsp3) is 0.167. The van der Waals surface area contributed by atoms with Crippen molar-refractivity contribution in [1.29, 1.82) is 0 Å². The van der Waals surface area contributed by atoms with E-state index < -0.39 is 33.6 Å². The summed E-state index contributed by atoms with van der Waals surface area (Å²) >= 11 is 0. The molecule has 4 aromatic rings. The van der Waals surface area contributed by atoms with E-state index in [1.807, 2.05) is 23.8 Å². The summed E-state index contributed by atoms with van der Waals surface area (Å²) in [6, 6.07) is 13.6. The highest BCUT2D eigenvalue weighted by Crippen LogP contribution is 2.37. The van der Waals surface area contributed by atoms with Crippen molar-refractivity contribution in [2.75, 3.05) is 6.26 Å². The van der Waals surface area contributed by atoms with Gasteiger partial charge < -0.3 is 14.3 Å². The number of nitrogens with one attached hydrogen (secondary N) is 2. The molecule has 0 aliphatic heterocycles. The number of aryl methyl sites for hydroxylation is 1. The molecule has 0 saturated heterocycles. The number of benzene rings is 2. The number of hydrogen-bond acceptors (Lipinski definition) is 5. The number of aromatic amines is 1. The summed E-state index contributed by atoms with van der Waals surface area (Å²) in [5.41, 5.74) is 1.03. The first kappa shape index (κ1) is 25.0. The summed E-state index contributed by atoms with van der Waals surface area (Å²) in [6.45, 7) is 1.91. The van der Waals surface area contributed by atoms with E-state index in [2.05, 4.69) is 9.72 Å². The second-order valence-electron chi connectivity index (χ2n) is 8.08. The van der Waals surface area contributed by atoms with E-state index in [0.29, 0.717) is 5.52 Å². The number of nitrogens with zero attached hydrogens (tertiary/aromatic N) is 1. The number of alkyl halides is 3. The van der Waals surface area contributed by atoms with Gasteiger partial charge in [-0.05, 0) is 48.4 Å². The third-order valence-electron chi connectivity index (χ3n) is 5.44. The zero-order chi connectivity index (χ0) is 26.3. The average molecular weight is 520 g/mol. The van der Waals surface area contributed by atoms with Gasteiger partial charge in [0, 0.05) is 34.8 Å². The molecule has 2 aromatic heterocycles. The van der Waals surface area contributed by atoms with E-state index in [1.54, 1.807) is 12.1 Å². The van der Waals surface area contributed by atoms with Crippen LogP contribution in [0.2, 0.25) is 0 Å². The van der Waals surface area contributed by atoms with E-state index in [1.165, 1.54) is 29.0 Å². The van der Waals surface area contributed by atoms with Crippen LogP contribution < -0.4 is 15.0 Å². The zero-order valence-corrected chi connectivity index (χ0v) is 19.8. The number of hydrogen-bond donors (Lipinski definition) is 2. The Hall–Kier alpha value is -4.06. The molecule has 2 aromatic carbocycles. The molecule has 12 heteroatoms. The SMILES string of the molecule is Cc1ccccc1Cn1c(C(=O)NS(C)(=O)=O)c(-c2ccc[nH]c2=O)c2cc(OC(F)(F)F)ccc21. The minimum atomic E-state index is -4.97. The lowest BCUT2D eigenvalue weighted by molar-refractivity contribution is -0.274. The second kappa shape index (κ2) is 9.19. The Bertz CT molecular complexity index is 1640. The minimum absolute atomic E-state index is 0.0331. The lowest BCUT2D eigenvalue weighted by Crippen LogP contribution is -2.32. The summed E-state index contributed by atoms with van der Waals surface area (Å²) < 4.78 is 70.1. The normalized spacial score (nSPS) is 12.0. The van der Waals surface area contributed by atoms with Crippen LogP contribution >= 0.6 is 0 Å². The number of ether oxygens (including phenoxy) is 1. The Morgan fingerprint density at radius 3 is 2.47 bits per heavy atom. The minimum Gasteiger partial charge on any atom is -0.406 e. The lowest BCUT2D eigenvalue weighted by Gasteiger charge is -2.14. The van der Waals surface area contributed by atoms with Gasteiger partial charge in [0.05, 0.1) is 6.26 Å². The molecule has 8 nitrogen and oxygen atoms in total. The molecule has 0 atom stereocenters. The number of halogens is 3. The maximum absolute atomic E-state index is 13.3. The Morgan fingerprint density at radius 1 is 1.11 bits per heavy atom. The zero-order valence-electron chi connectivity index (χ0n) is 19.0. The Morgan fingerprint density at radius 2 is 1.83 bits per heavy atom. The predicted molar refractivity (Wildman–Crippen MR) is 127 cm³/mol. The molecule has 2 N–H and O–H groups in total. The number of aromatic nitrogens is 2. The van der Waals surface area contributed by atoms with Crippen LogP contribution in [0.5, 0.6) is 5.75 Å². The summed E-state index contributed by atoms with van der Waals surface area (Å²) in [6.07, 6.45) is -2.82. The van der Waals surface area contributed by atoms with Crippen molar-refractivity contribution in [3.63, 3.8) is 0 Å². The van der Waals surface area contributed by atoms with Crippen molar-refractivity contribution in [3.05, 3.63) is 88.0 Å². The van der Waals surface area contributed by atoms with Crippen molar-refractivity contribution < 1.29 is 31.1 Å². The van der Waals surface area contributed by atoms with E-state index in [-0.39, 0.29) is 28.8 Å². The summed E-state index contributed by atoms with van der Waals surface area (Å²) in [4.78, 5) is 28.5. The van der Waals surface area contributed by atoms with Gasteiger partial charge in [0.2, 0.25) is 10.0 Å². The van der Waals surface area contributed by atoms with Crippen LogP contribution in [0.3, 0.4) is 0 Å². The van der Waals surface area contributed by atoms with Crippen LogP contribution in [0.25, 0.3) is 22.0 Å². The smallest absolute Gasteiger partial charge is 0.406 e. The molecule has 0 aliphatic carbocycles. The number of H-pyrrole nitrogens is 1. The molecule has 2 heterocycles. The standard InChI is InChI=1S/C24H20F3N3O5S/c1-14-6-3-4-7-15(14)13-30-19-10-9-16(35-24(25,26)27)12-18(19)20(17-8-5-11-28-22(17)31)21(30)23(32)29-36(2,33)34/h3-12H,13H2,1-2H3,(H,28,31)(H,29,32). The summed E-state index contributed by atoms with van der Waals surface area (Å²) in [5, 5.41) is 0.0979. The van der Waals surface area contributed by atoms with Crippen LogP contribution in [0.1, 0.15) is 21.6 Å². The molecular formula is C24H20F3N3O5S. The first-order chi connectivity index (χ1) is 16.8. The van der Waals surface area contributed by atoms with Gasteiger partial charge in [-0.25, -0.2) is 13.1 Å². The monoisotopic (exact) mass is 519 g/mol. The van der Waals surface area contributed by atoms with E-state index in [9.17, 15) is 31.2 Å². The molecule has 0 saturated carbocycles. The highest BCUT2D eigenvalue weighted by Gasteiger charge is 2.32. The molecule has 36 heavy (non-hydrogen) atoms. The molecule has 4 rings (SSSR count). The number of carbonyl (C=O) groups is 1. The van der Waals surface area contributed by atoms with Crippen molar-refractivity contribution in [2.24, 2.45) is 0 Å². The molecule has 188 valence electrons. The third kappa shape index (κ3) is 5.28. The third-order valence-corrected chi connectivity index (χ3v) is 6.00. The largest absolute Gasteiger partial charge is 0.573 e. The number of amides is 1. The van der Waals surface area contributed by atoms with Gasteiger partial charge in [0.15, 0.2) is 0 Å². The fourth-order valence-electron chi connectivity index (χ4n) is 4.00. The molecule has 0 spiro atoms. The number of fused-ring (bicyclic) bond motifs is 1. The fourth-order valence-corrected chi connectivity index (χ4v) is 4.43. The van der Waals surface area contributed by atoms with Gasteiger partial charge in [-0.1, -0.05) is 24.3 Å². The van der Waals surface area contributed by atoms with E-state index >= 15 is 0 Å². The molecule has 0 unspecified atom stereocenters. The lowest BCUT2D eigenvalue weighted by atomic mass is 10.0. The Balaban J connectivity index is 2.10. The van der Waals surface area contributed by atoms with Crippen LogP contribution in [-0.2, 0) is 16.6 Å². The Labute approximate surface area is 203 Å². The van der Waals surface area contributed by atoms with Gasteiger partial charge in [-0.3, -0.25) is 9.59 Å². The number of rotatable bonds is 6. The maximum atomic E-state index is 13.3. The number of pyridine rings is 1. The second-order valence-corrected chi connectivity index (χ2v) is 9.83. The molecule has 1 amide bonds. The Kier molecular flexibility index (Phi) is 6.39. The summed E-state index contributed by atoms with van der Waals surface area (Å²) in [5.74, 6) is -1.61. The van der Waals surface area contributed by atoms with Gasteiger partial charge in [0.1, 0.15) is 11.4 Å². The van der Waals surface area contributed by atoms with E-state index in [0.717, 1.165) is 29.5 Å². The molecular weight excluding hydrogens is 499 g/mol. The van der Waals surface area contributed by atoms with Crippen LogP contribution in [0.4, 0.5) is 13.2 Å². The number of sulfonamides is 1. The van der Waals surface area contributed by atoms with Crippen LogP contribution in [-0.4, -0.2) is 36.5 Å². The van der Waals surface area contributed by atoms with Crippen molar-refractivity contribution >= 4 is 26.8 Å². The quantitative estimate of drug-likeness (QED) is 0.401. The molecule has 0 bridgehead atoms. The maximum Gasteiger partial charge on any atom is 0.573 e. The molecule has 0 aliphatic rings. The van der Waals surface area contributed by atoms with E-state index in [4.69, 9.17) is 0 Å². The van der Waals surface area contributed by atoms with Crippen molar-refractivity contribution in [3.8, 4) is 16.9 Å². The van der Waals surface area contributed by atoms with Crippen molar-refractivity contribution in [1.82, 2.24) is 14.3 Å². The first-order valence-corrected chi connectivity index (χ1v) is 12.4. The highest BCUT2D eigenvalue weighted by molar-refractivity contribution is 7.89. The molecule has 0 radical (unpaired) electrons. The predicted octanol–water partition coefficient (Wildman–Crippen LogP) is 3.94. The van der Waals surface area contributed by atoms with Gasteiger partial charge in [0.25, 0.3) is 11.5 Å². The van der Waals surface area contributed by atoms with Crippen molar-refractivity contribution in [2.45, 2.75) is 19.8 Å². The summed E-state index contributed by atoms with van der Waals surface area (Å²) in [7, 11) is -4.02. The average Bonchev–Trinajstić information content (AvgIpc) is 3.07. The van der Waals surface area contributed by atoms with Gasteiger partial charge >= 0.3 is 6.36 Å². The van der Waals surface area contributed by atoms with Gasteiger partial charge in [-0.2, -0.15) is 0 Å². The van der Waals surface area contributed by atoms with Crippen LogP contribution in [0, 0.1) is 6.92 Å². The van der Waals surface area contributed by atoms with Crippen LogP contribution in [0.15, 0.2) is 65.6 Å². The molecule has 0 fully saturated rings. The first-order valence-electron chi connectivity index (χ1n) is 10.5. The highest BCUT2D eigenvalue weighted by atomic mass is 32.2.